The molecule has 0 spiro atoms. The Morgan fingerprint density at radius 2 is 1.96 bits per heavy atom. The molecule has 1 heterocycles. The van der Waals surface area contributed by atoms with Crippen LogP contribution in [0.15, 0.2) is 35.4 Å². The van der Waals surface area contributed by atoms with Gasteiger partial charge in [0.15, 0.2) is 12.1 Å². The summed E-state index contributed by atoms with van der Waals surface area (Å²) in [6.45, 7) is -0.308. The van der Waals surface area contributed by atoms with Gasteiger partial charge in [-0.1, -0.05) is 12.1 Å². The van der Waals surface area contributed by atoms with Gasteiger partial charge < -0.3 is 9.84 Å². The second-order valence-electron chi connectivity index (χ2n) is 5.26. The molecule has 0 fully saturated rings. The third-order valence-electron chi connectivity index (χ3n) is 3.56. The van der Waals surface area contributed by atoms with Gasteiger partial charge in [0, 0.05) is 0 Å². The highest BCUT2D eigenvalue weighted by Crippen LogP contribution is 2.28. The van der Waals surface area contributed by atoms with Crippen molar-refractivity contribution in [1.29, 1.82) is 0 Å². The van der Waals surface area contributed by atoms with E-state index in [9.17, 15) is 32.3 Å². The number of nitrogens with one attached hydrogen (secondary N) is 1. The van der Waals surface area contributed by atoms with Gasteiger partial charge >= 0.3 is 24.0 Å². The van der Waals surface area contributed by atoms with E-state index >= 15 is 0 Å². The van der Waals surface area contributed by atoms with Crippen LogP contribution in [0.3, 0.4) is 0 Å². The minimum Gasteiger partial charge on any atom is -0.487 e. The number of H-pyrrole nitrogens is 1. The topological polar surface area (TPSA) is 97.2 Å². The number of ether oxygens (including phenoxy) is 1. The lowest BCUT2D eigenvalue weighted by atomic mass is 9.92. The molecule has 25 heavy (non-hydrogen) atoms. The number of carboxylic acid groups (broad SMARTS) is 1. The summed E-state index contributed by atoms with van der Waals surface area (Å²) in [7, 11) is 0. The number of benzene rings is 1. The smallest absolute Gasteiger partial charge is 0.344 e. The van der Waals surface area contributed by atoms with Crippen LogP contribution in [-0.4, -0.2) is 44.8 Å². The van der Waals surface area contributed by atoms with Crippen LogP contribution >= 0.6 is 0 Å². The molecule has 2 aromatic rings. The average Bonchev–Trinajstić information content (AvgIpc) is 2.99. The van der Waals surface area contributed by atoms with Crippen molar-refractivity contribution in [3.63, 3.8) is 0 Å². The van der Waals surface area contributed by atoms with Gasteiger partial charge in [0.25, 0.3) is 0 Å². The van der Waals surface area contributed by atoms with Crippen LogP contribution in [0.4, 0.5) is 17.6 Å². The van der Waals surface area contributed by atoms with Gasteiger partial charge in [-0.15, -0.1) is 0 Å². The highest BCUT2D eigenvalue weighted by Gasteiger charge is 2.42. The minimum atomic E-state index is -4.31. The second kappa shape index (κ2) is 6.57. The summed E-state index contributed by atoms with van der Waals surface area (Å²) in [6, 6.07) is 4.70. The van der Waals surface area contributed by atoms with E-state index in [4.69, 9.17) is 0 Å². The number of aromatic amines is 1. The third kappa shape index (κ3) is 3.49. The van der Waals surface area contributed by atoms with E-state index in [2.05, 4.69) is 14.8 Å². The molecule has 0 saturated carbocycles. The number of aromatic nitrogens is 3. The highest BCUT2D eigenvalue weighted by molar-refractivity contribution is 5.80. The van der Waals surface area contributed by atoms with Gasteiger partial charge in [-0.05, 0) is 24.6 Å². The quantitative estimate of drug-likeness (QED) is 0.730. The normalized spacial score (nSPS) is 14.3. The van der Waals surface area contributed by atoms with Crippen molar-refractivity contribution in [1.82, 2.24) is 14.8 Å². The molecule has 2 N–H and O–H groups in total. The standard InChI is InChI=1S/C14H13F4N3O4/c1-13(11(22)23,21-12(24)19-7-20-21)8-2-4-9(5-3-8)25-6-14(17,18)10(15)16/h2-5,7,10H,6H2,1H3,(H,22,23)(H,19,20,24). The Morgan fingerprint density at radius 3 is 2.40 bits per heavy atom. The molecule has 136 valence electrons. The van der Waals surface area contributed by atoms with Crippen LogP contribution in [-0.2, 0) is 10.3 Å². The largest absolute Gasteiger partial charge is 0.487 e. The number of carbonyl (C=O) groups is 1. The fraction of sp³-hybridized carbons (Fsp3) is 0.357. The molecule has 0 bridgehead atoms. The minimum absolute atomic E-state index is 0.0992. The number of halogens is 4. The first-order chi connectivity index (χ1) is 11.6. The van der Waals surface area contributed by atoms with Crippen LogP contribution < -0.4 is 10.4 Å². The molecular weight excluding hydrogens is 350 g/mol. The zero-order valence-corrected chi connectivity index (χ0v) is 12.7. The van der Waals surface area contributed by atoms with Gasteiger partial charge in [-0.3, -0.25) is 4.98 Å². The highest BCUT2D eigenvalue weighted by atomic mass is 19.3. The molecule has 0 saturated heterocycles. The maximum absolute atomic E-state index is 12.8. The lowest BCUT2D eigenvalue weighted by Crippen LogP contribution is -2.46. The predicted octanol–water partition coefficient (Wildman–Crippen LogP) is 1.70. The number of nitrogens with zero attached hydrogens (tertiary/aromatic N) is 2. The lowest BCUT2D eigenvalue weighted by Gasteiger charge is -2.25. The summed E-state index contributed by atoms with van der Waals surface area (Å²) in [4.78, 5) is 25.6. The van der Waals surface area contributed by atoms with Crippen molar-refractivity contribution in [3.05, 3.63) is 46.6 Å². The van der Waals surface area contributed by atoms with Crippen LogP contribution in [0, 0.1) is 0 Å². The van der Waals surface area contributed by atoms with Crippen LogP contribution in [0.2, 0.25) is 0 Å². The number of hydrogen-bond donors (Lipinski definition) is 2. The van der Waals surface area contributed by atoms with E-state index < -0.39 is 36.2 Å². The molecule has 0 radical (unpaired) electrons. The number of carboxylic acids is 1. The zero-order chi connectivity index (χ0) is 18.8. The molecule has 7 nitrogen and oxygen atoms in total. The summed E-state index contributed by atoms with van der Waals surface area (Å²) in [5.41, 5.74) is -2.54. The van der Waals surface area contributed by atoms with E-state index in [1.54, 1.807) is 0 Å². The fourth-order valence-corrected chi connectivity index (χ4v) is 2.03. The molecule has 0 amide bonds. The van der Waals surface area contributed by atoms with Crippen LogP contribution in [0.1, 0.15) is 12.5 Å². The molecule has 0 aliphatic heterocycles. The molecule has 2 rings (SSSR count). The van der Waals surface area contributed by atoms with Gasteiger partial charge in [0.1, 0.15) is 12.1 Å². The summed E-state index contributed by atoms with van der Waals surface area (Å²) in [5.74, 6) is -5.86. The van der Waals surface area contributed by atoms with Gasteiger partial charge in [-0.25, -0.2) is 18.4 Å². The number of alkyl halides is 4. The Kier molecular flexibility index (Phi) is 4.86. The summed E-state index contributed by atoms with van der Waals surface area (Å²) >= 11 is 0. The Hall–Kier alpha value is -2.85. The van der Waals surface area contributed by atoms with Gasteiger partial charge in [0.2, 0.25) is 0 Å². The van der Waals surface area contributed by atoms with Gasteiger partial charge in [0.05, 0.1) is 0 Å². The van der Waals surface area contributed by atoms with E-state index in [0.29, 0.717) is 4.68 Å². The molecule has 0 aliphatic carbocycles. The van der Waals surface area contributed by atoms with E-state index in [-0.39, 0.29) is 11.3 Å². The van der Waals surface area contributed by atoms with Crippen molar-refractivity contribution in [2.24, 2.45) is 0 Å². The first-order valence-electron chi connectivity index (χ1n) is 6.85. The molecule has 1 unspecified atom stereocenters. The molecule has 11 heteroatoms. The Bertz CT molecular complexity index is 803. The van der Waals surface area contributed by atoms with Crippen LogP contribution in [0.25, 0.3) is 0 Å². The van der Waals surface area contributed by atoms with Crippen molar-refractivity contribution < 1.29 is 32.2 Å². The summed E-state index contributed by atoms with van der Waals surface area (Å²) in [6.07, 6.45) is -2.85. The Balaban J connectivity index is 2.27. The third-order valence-corrected chi connectivity index (χ3v) is 3.56. The number of rotatable bonds is 7. The van der Waals surface area contributed by atoms with Crippen molar-refractivity contribution in [3.8, 4) is 5.75 Å². The number of hydrogen-bond acceptors (Lipinski definition) is 4. The summed E-state index contributed by atoms with van der Waals surface area (Å²) < 4.78 is 55.1. The van der Waals surface area contributed by atoms with Crippen molar-refractivity contribution in [2.75, 3.05) is 6.61 Å². The molecular formula is C14H13F4N3O4. The fourth-order valence-electron chi connectivity index (χ4n) is 2.03. The molecule has 0 aliphatic rings. The predicted molar refractivity (Wildman–Crippen MR) is 76.1 cm³/mol. The van der Waals surface area contributed by atoms with Crippen molar-refractivity contribution >= 4 is 5.97 Å². The van der Waals surface area contributed by atoms with E-state index in [1.165, 1.54) is 19.1 Å². The van der Waals surface area contributed by atoms with Crippen LogP contribution in [0.5, 0.6) is 5.75 Å². The summed E-state index contributed by atoms with van der Waals surface area (Å²) in [5, 5.41) is 13.1. The molecule has 1 atom stereocenters. The first-order valence-corrected chi connectivity index (χ1v) is 6.85. The molecule has 1 aromatic carbocycles. The zero-order valence-electron chi connectivity index (χ0n) is 12.7. The Morgan fingerprint density at radius 1 is 1.36 bits per heavy atom. The van der Waals surface area contributed by atoms with E-state index in [0.717, 1.165) is 18.5 Å². The van der Waals surface area contributed by atoms with Crippen molar-refractivity contribution in [2.45, 2.75) is 24.8 Å². The maximum atomic E-state index is 12.8. The SMILES string of the molecule is CC(C(=O)O)(c1ccc(OCC(F)(F)C(F)F)cc1)n1nc[nH]c1=O. The Labute approximate surface area is 137 Å². The van der Waals surface area contributed by atoms with Gasteiger partial charge in [-0.2, -0.15) is 18.6 Å². The maximum Gasteiger partial charge on any atom is 0.344 e. The first kappa shape index (κ1) is 18.5. The van der Waals surface area contributed by atoms with E-state index in [1.807, 2.05) is 0 Å². The second-order valence-corrected chi connectivity index (χ2v) is 5.26. The molecule has 1 aromatic heterocycles. The monoisotopic (exact) mass is 363 g/mol. The lowest BCUT2D eigenvalue weighted by molar-refractivity contribution is -0.148. The average molecular weight is 363 g/mol. The number of aliphatic carboxylic acids is 1.